The Bertz CT molecular complexity index is 193. The van der Waals surface area contributed by atoms with Crippen LogP contribution in [-0.4, -0.2) is 16.3 Å². The molecule has 0 bridgehead atoms. The van der Waals surface area contributed by atoms with Gasteiger partial charge in [0.15, 0.2) is 0 Å². The number of aliphatic hydroxyl groups is 1. The highest BCUT2D eigenvalue weighted by Crippen LogP contribution is 2.07. The molecule has 2 heteroatoms. The molecule has 0 radical (unpaired) electrons. The zero-order chi connectivity index (χ0) is 10.3. The summed E-state index contributed by atoms with van der Waals surface area (Å²) in [7, 11) is 0. The maximum Gasteiger partial charge on any atom is 0.115 e. The van der Waals surface area contributed by atoms with Crippen molar-refractivity contribution in [1.29, 1.82) is 0 Å². The summed E-state index contributed by atoms with van der Waals surface area (Å²) in [6, 6.07) is 7.09. The summed E-state index contributed by atoms with van der Waals surface area (Å²) in [5, 5.41) is 17.1. The maximum absolute atomic E-state index is 8.76. The Labute approximate surface area is 79.9 Å². The normalized spacial score (nSPS) is 11.4. The van der Waals surface area contributed by atoms with Crippen LogP contribution in [-0.2, 0) is 0 Å². The molecule has 0 spiro atoms. The molecular formula is C11H18O2. The number of hydrogen-bond donors (Lipinski definition) is 2. The Morgan fingerprint density at radius 1 is 1.23 bits per heavy atom. The van der Waals surface area contributed by atoms with Gasteiger partial charge in [-0.1, -0.05) is 24.6 Å². The van der Waals surface area contributed by atoms with Crippen molar-refractivity contribution in [2.45, 2.75) is 33.3 Å². The van der Waals surface area contributed by atoms with Crippen LogP contribution in [0.25, 0.3) is 0 Å². The lowest BCUT2D eigenvalue weighted by atomic mass is 10.2. The SMILES string of the molecule is CCC(C)O.Cc1ccc(O)cc1. The van der Waals surface area contributed by atoms with Gasteiger partial charge in [-0.05, 0) is 32.4 Å². The summed E-state index contributed by atoms with van der Waals surface area (Å²) in [5.74, 6) is 0.329. The minimum Gasteiger partial charge on any atom is -0.508 e. The highest BCUT2D eigenvalue weighted by atomic mass is 16.3. The standard InChI is InChI=1S/C7H8O.C4H10O/c1-6-2-4-7(8)5-3-6;1-3-4(2)5/h2-5,8H,1H3;4-5H,3H2,1-2H3. The van der Waals surface area contributed by atoms with E-state index in [0.29, 0.717) is 5.75 Å². The highest BCUT2D eigenvalue weighted by molar-refractivity contribution is 5.24. The number of phenols is 1. The first-order chi connectivity index (χ1) is 6.06. The molecular weight excluding hydrogens is 164 g/mol. The lowest BCUT2D eigenvalue weighted by Gasteiger charge is -1.90. The minimum absolute atomic E-state index is 0.116. The summed E-state index contributed by atoms with van der Waals surface area (Å²) < 4.78 is 0. The Hall–Kier alpha value is -1.02. The van der Waals surface area contributed by atoms with Gasteiger partial charge in [-0.3, -0.25) is 0 Å². The number of aryl methyl sites for hydroxylation is 1. The number of aromatic hydroxyl groups is 1. The molecule has 0 aromatic heterocycles. The number of rotatable bonds is 1. The van der Waals surface area contributed by atoms with Crippen molar-refractivity contribution >= 4 is 0 Å². The third-order valence-corrected chi connectivity index (χ3v) is 1.62. The maximum atomic E-state index is 8.76. The zero-order valence-corrected chi connectivity index (χ0v) is 8.49. The third kappa shape index (κ3) is 7.34. The van der Waals surface area contributed by atoms with Crippen LogP contribution in [0.15, 0.2) is 24.3 Å². The van der Waals surface area contributed by atoms with Gasteiger partial charge in [0, 0.05) is 0 Å². The molecule has 0 saturated heterocycles. The summed E-state index contributed by atoms with van der Waals surface area (Å²) in [4.78, 5) is 0. The lowest BCUT2D eigenvalue weighted by molar-refractivity contribution is 0.191. The van der Waals surface area contributed by atoms with Crippen molar-refractivity contribution in [2.24, 2.45) is 0 Å². The average molecular weight is 182 g/mol. The highest BCUT2D eigenvalue weighted by Gasteiger charge is 1.82. The molecule has 1 aromatic rings. The molecule has 0 saturated carbocycles. The first-order valence-electron chi connectivity index (χ1n) is 4.50. The van der Waals surface area contributed by atoms with Crippen LogP contribution in [0, 0.1) is 6.92 Å². The van der Waals surface area contributed by atoms with E-state index in [4.69, 9.17) is 10.2 Å². The quantitative estimate of drug-likeness (QED) is 0.700. The molecule has 0 aliphatic carbocycles. The van der Waals surface area contributed by atoms with Gasteiger partial charge in [0.25, 0.3) is 0 Å². The Balaban J connectivity index is 0.000000252. The van der Waals surface area contributed by atoms with Gasteiger partial charge in [-0.25, -0.2) is 0 Å². The summed E-state index contributed by atoms with van der Waals surface area (Å²) in [5.41, 5.74) is 1.17. The average Bonchev–Trinajstić information content (AvgIpc) is 2.11. The molecule has 2 N–H and O–H groups in total. The van der Waals surface area contributed by atoms with Crippen molar-refractivity contribution in [3.63, 3.8) is 0 Å². The van der Waals surface area contributed by atoms with Gasteiger partial charge in [0.2, 0.25) is 0 Å². The molecule has 1 rings (SSSR count). The van der Waals surface area contributed by atoms with Crippen molar-refractivity contribution in [3.05, 3.63) is 29.8 Å². The molecule has 0 fully saturated rings. The molecule has 0 amide bonds. The van der Waals surface area contributed by atoms with E-state index in [2.05, 4.69) is 0 Å². The predicted octanol–water partition coefficient (Wildman–Crippen LogP) is 2.48. The van der Waals surface area contributed by atoms with E-state index in [-0.39, 0.29) is 6.10 Å². The van der Waals surface area contributed by atoms with E-state index in [1.807, 2.05) is 26.0 Å². The Kier molecular flexibility index (Phi) is 5.98. The fraction of sp³-hybridized carbons (Fsp3) is 0.455. The van der Waals surface area contributed by atoms with Crippen molar-refractivity contribution < 1.29 is 10.2 Å². The van der Waals surface area contributed by atoms with Crippen LogP contribution < -0.4 is 0 Å². The third-order valence-electron chi connectivity index (χ3n) is 1.62. The van der Waals surface area contributed by atoms with E-state index in [9.17, 15) is 0 Å². The van der Waals surface area contributed by atoms with Crippen molar-refractivity contribution in [3.8, 4) is 5.75 Å². The lowest BCUT2D eigenvalue weighted by Crippen LogP contribution is -1.93. The van der Waals surface area contributed by atoms with Crippen LogP contribution in [0.1, 0.15) is 25.8 Å². The summed E-state index contributed by atoms with van der Waals surface area (Å²) in [6.07, 6.45) is 0.745. The van der Waals surface area contributed by atoms with Crippen LogP contribution in [0.3, 0.4) is 0 Å². The molecule has 2 nitrogen and oxygen atoms in total. The second-order valence-electron chi connectivity index (χ2n) is 3.09. The molecule has 1 atom stereocenters. The van der Waals surface area contributed by atoms with Crippen molar-refractivity contribution in [2.75, 3.05) is 0 Å². The second kappa shape index (κ2) is 6.49. The molecule has 1 unspecified atom stereocenters. The molecule has 0 heterocycles. The number of phenolic OH excluding ortho intramolecular Hbond substituents is 1. The fourth-order valence-corrected chi connectivity index (χ4v) is 0.545. The Morgan fingerprint density at radius 2 is 1.62 bits per heavy atom. The smallest absolute Gasteiger partial charge is 0.115 e. The monoisotopic (exact) mass is 182 g/mol. The molecule has 0 aliphatic heterocycles. The van der Waals surface area contributed by atoms with E-state index >= 15 is 0 Å². The second-order valence-corrected chi connectivity index (χ2v) is 3.09. The summed E-state index contributed by atoms with van der Waals surface area (Å²) >= 11 is 0. The number of benzene rings is 1. The zero-order valence-electron chi connectivity index (χ0n) is 8.49. The van der Waals surface area contributed by atoms with E-state index in [1.165, 1.54) is 5.56 Å². The van der Waals surface area contributed by atoms with Gasteiger partial charge in [-0.2, -0.15) is 0 Å². The molecule has 13 heavy (non-hydrogen) atoms. The molecule has 0 aliphatic rings. The first kappa shape index (κ1) is 12.0. The van der Waals surface area contributed by atoms with Crippen LogP contribution in [0.2, 0.25) is 0 Å². The van der Waals surface area contributed by atoms with Crippen LogP contribution in [0.5, 0.6) is 5.75 Å². The van der Waals surface area contributed by atoms with E-state index in [0.717, 1.165) is 6.42 Å². The molecule has 1 aromatic carbocycles. The van der Waals surface area contributed by atoms with Gasteiger partial charge < -0.3 is 10.2 Å². The van der Waals surface area contributed by atoms with Crippen LogP contribution in [0.4, 0.5) is 0 Å². The fourth-order valence-electron chi connectivity index (χ4n) is 0.545. The van der Waals surface area contributed by atoms with Gasteiger partial charge in [0.05, 0.1) is 6.10 Å². The predicted molar refractivity (Wildman–Crippen MR) is 54.8 cm³/mol. The van der Waals surface area contributed by atoms with Crippen LogP contribution >= 0.6 is 0 Å². The largest absolute Gasteiger partial charge is 0.508 e. The molecule has 74 valence electrons. The van der Waals surface area contributed by atoms with Crippen molar-refractivity contribution in [1.82, 2.24) is 0 Å². The van der Waals surface area contributed by atoms with E-state index < -0.39 is 0 Å². The Morgan fingerprint density at radius 3 is 1.85 bits per heavy atom. The number of aliphatic hydroxyl groups excluding tert-OH is 1. The summed E-state index contributed by atoms with van der Waals surface area (Å²) in [6.45, 7) is 5.71. The van der Waals surface area contributed by atoms with Gasteiger partial charge >= 0.3 is 0 Å². The van der Waals surface area contributed by atoms with Gasteiger partial charge in [0.1, 0.15) is 5.75 Å². The van der Waals surface area contributed by atoms with E-state index in [1.54, 1.807) is 19.1 Å². The minimum atomic E-state index is -0.116. The first-order valence-corrected chi connectivity index (χ1v) is 4.50. The van der Waals surface area contributed by atoms with Gasteiger partial charge in [-0.15, -0.1) is 0 Å². The topological polar surface area (TPSA) is 40.5 Å². The number of hydrogen-bond acceptors (Lipinski definition) is 2.